The molecule has 1 aliphatic heterocycles. The maximum atomic E-state index is 11.6. The summed E-state index contributed by atoms with van der Waals surface area (Å²) in [5.41, 5.74) is 2.77. The molecule has 83 valence electrons. The Bertz CT molecular complexity index is 577. The van der Waals surface area contributed by atoms with Crippen LogP contribution in [0.25, 0.3) is 10.9 Å². The molecule has 2 heterocycles. The van der Waals surface area contributed by atoms with Gasteiger partial charge in [-0.05, 0) is 30.2 Å². The fourth-order valence-electron chi connectivity index (χ4n) is 2.20. The second-order valence-electron chi connectivity index (χ2n) is 3.90. The van der Waals surface area contributed by atoms with Crippen molar-refractivity contribution in [1.82, 2.24) is 10.3 Å². The van der Waals surface area contributed by atoms with Gasteiger partial charge in [-0.1, -0.05) is 0 Å². The number of aromatic amines is 1. The smallest absolute Gasteiger partial charge is 0.268 e. The largest absolute Gasteiger partial charge is 0.497 e. The molecule has 2 N–H and O–H groups in total. The minimum atomic E-state index is -0.0172. The maximum absolute atomic E-state index is 11.6. The van der Waals surface area contributed by atoms with E-state index < -0.39 is 0 Å². The molecular weight excluding hydrogens is 227 g/mol. The number of nitrogens with one attached hydrogen (secondary N) is 2. The van der Waals surface area contributed by atoms with E-state index in [1.807, 2.05) is 18.2 Å². The summed E-state index contributed by atoms with van der Waals surface area (Å²) in [6.45, 7) is 0.704. The number of carbonyl (C=O) groups excluding carboxylic acids is 1. The van der Waals surface area contributed by atoms with Gasteiger partial charge in [0.25, 0.3) is 5.91 Å². The molecule has 17 heavy (non-hydrogen) atoms. The maximum Gasteiger partial charge on any atom is 0.268 e. The van der Waals surface area contributed by atoms with Gasteiger partial charge in [-0.25, -0.2) is 0 Å². The quantitative estimate of drug-likeness (QED) is 0.732. The summed E-state index contributed by atoms with van der Waals surface area (Å²) in [4.78, 5) is 14.8. The van der Waals surface area contributed by atoms with Gasteiger partial charge in [-0.15, -0.1) is 0 Å². The zero-order chi connectivity index (χ0) is 11.1. The molecule has 0 fully saturated rings. The van der Waals surface area contributed by atoms with E-state index in [2.05, 4.69) is 10.3 Å². The van der Waals surface area contributed by atoms with E-state index in [0.29, 0.717) is 12.2 Å². The van der Waals surface area contributed by atoms with Crippen LogP contribution in [0.3, 0.4) is 0 Å². The molecule has 1 radical (unpaired) electrons. The van der Waals surface area contributed by atoms with E-state index in [4.69, 9.17) is 4.74 Å². The van der Waals surface area contributed by atoms with Crippen molar-refractivity contribution in [2.24, 2.45) is 0 Å². The van der Waals surface area contributed by atoms with E-state index in [0.717, 1.165) is 28.6 Å². The van der Waals surface area contributed by atoms with Crippen LogP contribution in [-0.2, 0) is 6.42 Å². The molecule has 0 atom stereocenters. The number of H-pyrrole nitrogens is 1. The number of methoxy groups -OCH3 is 1. The van der Waals surface area contributed by atoms with Crippen LogP contribution >= 0.6 is 0 Å². The van der Waals surface area contributed by atoms with Gasteiger partial charge >= 0.3 is 0 Å². The zero-order valence-corrected chi connectivity index (χ0v) is 12.0. The average molecular weight is 239 g/mol. The Hall–Kier alpha value is -0.970. The van der Waals surface area contributed by atoms with Crippen LogP contribution in [0.1, 0.15) is 16.1 Å². The molecule has 1 amide bonds. The topological polar surface area (TPSA) is 54.1 Å². The Kier molecular flexibility index (Phi) is 3.47. The first kappa shape index (κ1) is 12.5. The van der Waals surface area contributed by atoms with Crippen molar-refractivity contribution < 1.29 is 9.53 Å². The van der Waals surface area contributed by atoms with E-state index in [-0.39, 0.29) is 35.5 Å². The normalized spacial score (nSPS) is 13.8. The van der Waals surface area contributed by atoms with Crippen LogP contribution < -0.4 is 10.1 Å². The first-order valence-electron chi connectivity index (χ1n) is 5.26. The minimum absolute atomic E-state index is 0. The van der Waals surface area contributed by atoms with Gasteiger partial charge in [0.05, 0.1) is 7.11 Å². The number of hydrogen-bond acceptors (Lipinski definition) is 2. The van der Waals surface area contributed by atoms with Gasteiger partial charge in [0.15, 0.2) is 0 Å². The number of aromatic nitrogens is 1. The van der Waals surface area contributed by atoms with Gasteiger partial charge < -0.3 is 15.0 Å². The second kappa shape index (κ2) is 4.72. The third-order valence-corrected chi connectivity index (χ3v) is 3.00. The Morgan fingerprint density at radius 2 is 2.18 bits per heavy atom. The molecule has 3 rings (SSSR count). The summed E-state index contributed by atoms with van der Waals surface area (Å²) >= 11 is 0. The number of hydrogen-bond donors (Lipinski definition) is 2. The van der Waals surface area contributed by atoms with E-state index in [1.165, 1.54) is 0 Å². The summed E-state index contributed by atoms with van der Waals surface area (Å²) in [6.07, 6.45) is 0.869. The van der Waals surface area contributed by atoms with Gasteiger partial charge in [0.1, 0.15) is 11.4 Å². The number of ether oxygens (including phenoxy) is 1. The van der Waals surface area contributed by atoms with Crippen LogP contribution in [0.4, 0.5) is 0 Å². The number of rotatable bonds is 1. The standard InChI is InChI=1S/C12H12N2O2.Na/c1-16-7-2-3-10-9(6-7)8-4-5-13-12(15)11(8)14-10;/h2-3,6,14H,4-5H2,1H3,(H,13,15);. The molecule has 5 heteroatoms. The Balaban J connectivity index is 0.00000108. The molecule has 2 aromatic rings. The van der Waals surface area contributed by atoms with Gasteiger partial charge in [0.2, 0.25) is 0 Å². The van der Waals surface area contributed by atoms with Crippen LogP contribution in [0.15, 0.2) is 18.2 Å². The van der Waals surface area contributed by atoms with Crippen molar-refractivity contribution in [1.29, 1.82) is 0 Å². The summed E-state index contributed by atoms with van der Waals surface area (Å²) in [5, 5.41) is 3.91. The van der Waals surface area contributed by atoms with Crippen LogP contribution in [0, 0.1) is 0 Å². The number of amides is 1. The van der Waals surface area contributed by atoms with Gasteiger partial charge in [0, 0.05) is 47.0 Å². The van der Waals surface area contributed by atoms with Crippen molar-refractivity contribution in [3.05, 3.63) is 29.5 Å². The SMILES string of the molecule is COc1ccc2[nH]c3c(c2c1)CCNC3=O.[Na]. The Morgan fingerprint density at radius 3 is 2.94 bits per heavy atom. The molecular formula is C12H12N2NaO2. The molecule has 1 aromatic carbocycles. The van der Waals surface area contributed by atoms with E-state index >= 15 is 0 Å². The molecule has 1 aliphatic rings. The van der Waals surface area contributed by atoms with E-state index in [9.17, 15) is 4.79 Å². The third kappa shape index (κ3) is 1.97. The van der Waals surface area contributed by atoms with Gasteiger partial charge in [-0.3, -0.25) is 4.79 Å². The van der Waals surface area contributed by atoms with Crippen molar-refractivity contribution in [3.63, 3.8) is 0 Å². The van der Waals surface area contributed by atoms with E-state index in [1.54, 1.807) is 7.11 Å². The zero-order valence-electron chi connectivity index (χ0n) is 9.96. The Labute approximate surface area is 121 Å². The van der Waals surface area contributed by atoms with Crippen molar-refractivity contribution in [2.75, 3.05) is 13.7 Å². The number of benzene rings is 1. The molecule has 0 bridgehead atoms. The first-order valence-corrected chi connectivity index (χ1v) is 5.26. The average Bonchev–Trinajstić information content (AvgIpc) is 2.68. The molecule has 0 saturated heterocycles. The second-order valence-corrected chi connectivity index (χ2v) is 3.90. The summed E-state index contributed by atoms with van der Waals surface area (Å²) < 4.78 is 5.20. The first-order chi connectivity index (χ1) is 7.79. The predicted molar refractivity (Wildman–Crippen MR) is 66.6 cm³/mol. The van der Waals surface area contributed by atoms with Gasteiger partial charge in [-0.2, -0.15) is 0 Å². The summed E-state index contributed by atoms with van der Waals surface area (Å²) in [6, 6.07) is 5.81. The predicted octanol–water partition coefficient (Wildman–Crippen LogP) is 1.08. The Morgan fingerprint density at radius 1 is 1.35 bits per heavy atom. The fourth-order valence-corrected chi connectivity index (χ4v) is 2.20. The molecule has 0 aliphatic carbocycles. The van der Waals surface area contributed by atoms with Crippen molar-refractivity contribution in [3.8, 4) is 5.75 Å². The minimum Gasteiger partial charge on any atom is -0.497 e. The third-order valence-electron chi connectivity index (χ3n) is 3.00. The molecule has 0 unspecified atom stereocenters. The molecule has 1 aromatic heterocycles. The van der Waals surface area contributed by atoms with Crippen molar-refractivity contribution >= 4 is 46.4 Å². The van der Waals surface area contributed by atoms with Crippen LogP contribution in [-0.4, -0.2) is 54.1 Å². The summed E-state index contributed by atoms with van der Waals surface area (Å²) in [7, 11) is 1.65. The molecule has 4 nitrogen and oxygen atoms in total. The van der Waals surface area contributed by atoms with Crippen molar-refractivity contribution in [2.45, 2.75) is 6.42 Å². The number of carbonyl (C=O) groups is 1. The van der Waals surface area contributed by atoms with Crippen LogP contribution in [0.2, 0.25) is 0 Å². The fraction of sp³-hybridized carbons (Fsp3) is 0.250. The summed E-state index contributed by atoms with van der Waals surface area (Å²) in [5.74, 6) is 0.802. The molecule has 0 spiro atoms. The molecule has 0 saturated carbocycles. The van der Waals surface area contributed by atoms with Crippen LogP contribution in [0.5, 0.6) is 5.75 Å². The monoisotopic (exact) mass is 239 g/mol. The number of fused-ring (bicyclic) bond motifs is 3.